The Kier molecular flexibility index (Phi) is 7.16. The topological polar surface area (TPSA) is 81.7 Å². The molecule has 2 saturated heterocycles. The van der Waals surface area contributed by atoms with Gasteiger partial charge in [-0.3, -0.25) is 14.5 Å². The molecule has 1 aromatic rings. The highest BCUT2D eigenvalue weighted by molar-refractivity contribution is 5.97. The van der Waals surface area contributed by atoms with Crippen LogP contribution in [0.2, 0.25) is 0 Å². The van der Waals surface area contributed by atoms with Crippen molar-refractivity contribution >= 4 is 17.5 Å². The lowest BCUT2D eigenvalue weighted by Crippen LogP contribution is -2.61. The number of carbonyl (C=O) groups is 2. The molecule has 1 N–H and O–H groups in total. The van der Waals surface area contributed by atoms with Gasteiger partial charge in [0, 0.05) is 63.1 Å². The second-order valence-electron chi connectivity index (χ2n) is 11.3. The Morgan fingerprint density at radius 3 is 2.66 bits per heavy atom. The molecule has 0 spiro atoms. The van der Waals surface area contributed by atoms with E-state index in [1.165, 1.54) is 6.07 Å². The Balaban J connectivity index is 1.54. The molecular formula is C25H38F2N6O2. The number of nitrogens with zero attached hydrogens (tertiary/aromatic N) is 5. The Hall–Kier alpha value is -2.20. The van der Waals surface area contributed by atoms with Crippen molar-refractivity contribution in [3.63, 3.8) is 0 Å². The van der Waals surface area contributed by atoms with E-state index in [2.05, 4.69) is 34.3 Å². The molecule has 1 unspecified atom stereocenters. The summed E-state index contributed by atoms with van der Waals surface area (Å²) in [6, 6.07) is 1.58. The second kappa shape index (κ2) is 9.69. The molecular weight excluding hydrogens is 454 g/mol. The normalized spacial score (nSPS) is 26.9. The molecule has 3 atom stereocenters. The number of aromatic nitrogens is 2. The van der Waals surface area contributed by atoms with Crippen LogP contribution in [0.3, 0.4) is 0 Å². The Morgan fingerprint density at radius 2 is 2.00 bits per heavy atom. The molecule has 0 saturated carbocycles. The molecule has 194 valence electrons. The summed E-state index contributed by atoms with van der Waals surface area (Å²) in [7, 11) is 0. The average Bonchev–Trinajstić information content (AvgIpc) is 3.24. The number of halogens is 2. The fourth-order valence-corrected chi connectivity index (χ4v) is 5.53. The maximum atomic E-state index is 14.6. The first kappa shape index (κ1) is 25.9. The van der Waals surface area contributed by atoms with Crippen LogP contribution in [0.5, 0.6) is 0 Å². The van der Waals surface area contributed by atoms with Crippen LogP contribution in [0.15, 0.2) is 6.07 Å². The first-order valence-electron chi connectivity index (χ1n) is 12.7. The zero-order chi connectivity index (χ0) is 25.5. The van der Waals surface area contributed by atoms with Gasteiger partial charge < -0.3 is 15.1 Å². The standard InChI is InChI=1S/C25H38F2N6O2/c1-6-7-25(26,27)20-9-19-23(30-29-20)24(4,5)15-33(19)22(35)14-31-12-17(3)28-10-18(31)13-32-11-16(2)8-21(32)34/h9,16-18,28H,6-8,10-15H2,1-5H3/t16?,17-,18-/m1/s1. The van der Waals surface area contributed by atoms with E-state index < -0.39 is 11.3 Å². The number of fused-ring (bicyclic) bond motifs is 1. The molecule has 35 heavy (non-hydrogen) atoms. The predicted octanol–water partition coefficient (Wildman–Crippen LogP) is 2.52. The van der Waals surface area contributed by atoms with Crippen molar-refractivity contribution in [1.29, 1.82) is 0 Å². The zero-order valence-electron chi connectivity index (χ0n) is 21.5. The molecule has 1 aromatic heterocycles. The van der Waals surface area contributed by atoms with Gasteiger partial charge in [0.25, 0.3) is 5.92 Å². The van der Waals surface area contributed by atoms with Crippen molar-refractivity contribution < 1.29 is 18.4 Å². The quantitative estimate of drug-likeness (QED) is 0.630. The zero-order valence-corrected chi connectivity index (χ0v) is 21.5. The minimum Gasteiger partial charge on any atom is -0.341 e. The third-order valence-electron chi connectivity index (χ3n) is 7.40. The molecule has 4 rings (SSSR count). The number of anilines is 1. The Labute approximate surface area is 206 Å². The molecule has 0 radical (unpaired) electrons. The molecule has 2 amide bonds. The second-order valence-corrected chi connectivity index (χ2v) is 11.3. The smallest absolute Gasteiger partial charge is 0.291 e. The maximum absolute atomic E-state index is 14.6. The van der Waals surface area contributed by atoms with E-state index in [0.717, 1.165) is 6.54 Å². The van der Waals surface area contributed by atoms with E-state index in [-0.39, 0.29) is 42.6 Å². The number of likely N-dealkylation sites (tertiary alicyclic amines) is 1. The first-order chi connectivity index (χ1) is 16.4. The lowest BCUT2D eigenvalue weighted by atomic mass is 9.91. The number of piperazine rings is 1. The lowest BCUT2D eigenvalue weighted by molar-refractivity contribution is -0.128. The van der Waals surface area contributed by atoms with Gasteiger partial charge in [-0.2, -0.15) is 13.9 Å². The van der Waals surface area contributed by atoms with Gasteiger partial charge in [0.1, 0.15) is 5.69 Å². The Bertz CT molecular complexity index is 971. The van der Waals surface area contributed by atoms with Crippen LogP contribution in [0, 0.1) is 5.92 Å². The summed E-state index contributed by atoms with van der Waals surface area (Å²) < 4.78 is 29.2. The SMILES string of the molecule is CCCC(F)(F)c1cc2c(nn1)C(C)(C)CN2C(=O)CN1C[C@@H](C)NC[C@@H]1CN1CC(C)CC1=O. The van der Waals surface area contributed by atoms with Crippen LogP contribution in [0.1, 0.15) is 65.3 Å². The number of carbonyl (C=O) groups excluding carboxylic acids is 2. The number of nitrogens with one attached hydrogen (secondary N) is 1. The highest BCUT2D eigenvalue weighted by Crippen LogP contribution is 2.41. The fraction of sp³-hybridized carbons (Fsp3) is 0.760. The van der Waals surface area contributed by atoms with Crippen molar-refractivity contribution in [2.75, 3.05) is 44.2 Å². The minimum atomic E-state index is -3.09. The average molecular weight is 493 g/mol. The third kappa shape index (κ3) is 5.33. The molecule has 3 aliphatic rings. The van der Waals surface area contributed by atoms with E-state index >= 15 is 0 Å². The highest BCUT2D eigenvalue weighted by atomic mass is 19.3. The molecule has 8 nitrogen and oxygen atoms in total. The number of hydrogen-bond donors (Lipinski definition) is 1. The van der Waals surface area contributed by atoms with Crippen LogP contribution < -0.4 is 10.2 Å². The van der Waals surface area contributed by atoms with Gasteiger partial charge in [-0.15, -0.1) is 5.10 Å². The van der Waals surface area contributed by atoms with E-state index in [1.54, 1.807) is 11.8 Å². The van der Waals surface area contributed by atoms with Gasteiger partial charge in [0.15, 0.2) is 0 Å². The van der Waals surface area contributed by atoms with Gasteiger partial charge in [0.2, 0.25) is 11.8 Å². The van der Waals surface area contributed by atoms with Crippen molar-refractivity contribution in [2.45, 2.75) is 77.3 Å². The van der Waals surface area contributed by atoms with Crippen molar-refractivity contribution in [3.05, 3.63) is 17.5 Å². The van der Waals surface area contributed by atoms with E-state index in [9.17, 15) is 18.4 Å². The van der Waals surface area contributed by atoms with Crippen molar-refractivity contribution in [3.8, 4) is 0 Å². The summed E-state index contributed by atoms with van der Waals surface area (Å²) in [5.74, 6) is -2.72. The van der Waals surface area contributed by atoms with Gasteiger partial charge in [-0.1, -0.05) is 34.1 Å². The van der Waals surface area contributed by atoms with Crippen LogP contribution in [-0.2, 0) is 20.9 Å². The monoisotopic (exact) mass is 492 g/mol. The number of rotatable bonds is 7. The Morgan fingerprint density at radius 1 is 1.26 bits per heavy atom. The van der Waals surface area contributed by atoms with Gasteiger partial charge >= 0.3 is 0 Å². The van der Waals surface area contributed by atoms with E-state index in [0.29, 0.717) is 56.3 Å². The maximum Gasteiger partial charge on any atom is 0.291 e. The summed E-state index contributed by atoms with van der Waals surface area (Å²) in [5.41, 5.74) is 0.141. The molecule has 0 bridgehead atoms. The number of alkyl halides is 2. The molecule has 2 fully saturated rings. The predicted molar refractivity (Wildman–Crippen MR) is 129 cm³/mol. The molecule has 3 aliphatic heterocycles. The van der Waals surface area contributed by atoms with Crippen LogP contribution in [0.4, 0.5) is 14.5 Å². The van der Waals surface area contributed by atoms with Crippen LogP contribution in [-0.4, -0.2) is 83.2 Å². The first-order valence-corrected chi connectivity index (χ1v) is 12.7. The summed E-state index contributed by atoms with van der Waals surface area (Å²) in [6.07, 6.45) is 0.577. The summed E-state index contributed by atoms with van der Waals surface area (Å²) >= 11 is 0. The third-order valence-corrected chi connectivity index (χ3v) is 7.40. The molecule has 0 aromatic carbocycles. The van der Waals surface area contributed by atoms with Gasteiger partial charge in [-0.05, 0) is 18.9 Å². The van der Waals surface area contributed by atoms with Gasteiger partial charge in [0.05, 0.1) is 17.9 Å². The van der Waals surface area contributed by atoms with Crippen molar-refractivity contribution in [2.24, 2.45) is 5.92 Å². The summed E-state index contributed by atoms with van der Waals surface area (Å²) in [5, 5.41) is 11.5. The van der Waals surface area contributed by atoms with E-state index in [4.69, 9.17) is 0 Å². The van der Waals surface area contributed by atoms with E-state index in [1.807, 2.05) is 18.7 Å². The summed E-state index contributed by atoms with van der Waals surface area (Å²) in [6.45, 7) is 13.0. The van der Waals surface area contributed by atoms with Crippen molar-refractivity contribution in [1.82, 2.24) is 25.3 Å². The number of amides is 2. The number of hydrogen-bond acceptors (Lipinski definition) is 6. The lowest BCUT2D eigenvalue weighted by Gasteiger charge is -2.41. The van der Waals surface area contributed by atoms with Gasteiger partial charge in [-0.25, -0.2) is 0 Å². The highest BCUT2D eigenvalue weighted by Gasteiger charge is 2.43. The molecule has 10 heteroatoms. The van der Waals surface area contributed by atoms with Crippen LogP contribution in [0.25, 0.3) is 0 Å². The largest absolute Gasteiger partial charge is 0.341 e. The van der Waals surface area contributed by atoms with Crippen LogP contribution >= 0.6 is 0 Å². The minimum absolute atomic E-state index is 0.0134. The summed E-state index contributed by atoms with van der Waals surface area (Å²) in [4.78, 5) is 31.6. The fourth-order valence-electron chi connectivity index (χ4n) is 5.53. The molecule has 0 aliphatic carbocycles. The molecule has 4 heterocycles.